The molecule has 0 unspecified atom stereocenters. The lowest BCUT2D eigenvalue weighted by Gasteiger charge is -2.18. The van der Waals surface area contributed by atoms with E-state index in [9.17, 15) is 4.79 Å². The van der Waals surface area contributed by atoms with Crippen LogP contribution in [-0.2, 0) is 6.54 Å². The number of nitrogens with zero attached hydrogens (tertiary/aromatic N) is 1. The Kier molecular flexibility index (Phi) is 4.99. The third kappa shape index (κ3) is 3.82. The second kappa shape index (κ2) is 6.56. The van der Waals surface area contributed by atoms with Crippen molar-refractivity contribution in [2.75, 3.05) is 12.8 Å². The first-order valence-electron chi connectivity index (χ1n) is 6.13. The number of nitrogens with two attached hydrogens (primary N) is 1. The van der Waals surface area contributed by atoms with Gasteiger partial charge in [-0.3, -0.25) is 4.79 Å². The van der Waals surface area contributed by atoms with E-state index in [4.69, 9.17) is 40.5 Å². The lowest BCUT2D eigenvalue weighted by Crippen LogP contribution is -2.26. The molecule has 1 amide bonds. The van der Waals surface area contributed by atoms with Crippen LogP contribution in [0, 0.1) is 0 Å². The third-order valence-electron chi connectivity index (χ3n) is 3.01. The number of carbonyl (C=O) groups excluding carboxylic acids is 1. The van der Waals surface area contributed by atoms with Crippen LogP contribution in [0.1, 0.15) is 15.9 Å². The van der Waals surface area contributed by atoms with Crippen LogP contribution >= 0.6 is 34.8 Å². The predicted octanol–water partition coefficient (Wildman–Crippen LogP) is 4.50. The highest BCUT2D eigenvalue weighted by molar-refractivity contribution is 6.35. The van der Waals surface area contributed by atoms with Crippen LogP contribution in [0.3, 0.4) is 0 Å². The Morgan fingerprint density at radius 3 is 2.43 bits per heavy atom. The number of rotatable bonds is 3. The number of benzene rings is 2. The minimum absolute atomic E-state index is 0.163. The van der Waals surface area contributed by atoms with Crippen LogP contribution in [0.15, 0.2) is 36.4 Å². The van der Waals surface area contributed by atoms with E-state index in [-0.39, 0.29) is 5.91 Å². The summed E-state index contributed by atoms with van der Waals surface area (Å²) in [5.41, 5.74) is 7.38. The largest absolute Gasteiger partial charge is 0.398 e. The van der Waals surface area contributed by atoms with Crippen molar-refractivity contribution in [3.8, 4) is 0 Å². The number of amides is 1. The van der Waals surface area contributed by atoms with Gasteiger partial charge in [0.25, 0.3) is 5.91 Å². The van der Waals surface area contributed by atoms with E-state index in [1.807, 2.05) is 0 Å². The summed E-state index contributed by atoms with van der Waals surface area (Å²) < 4.78 is 0. The fraction of sp³-hybridized carbons (Fsp3) is 0.133. The van der Waals surface area contributed by atoms with Crippen molar-refractivity contribution < 1.29 is 4.79 Å². The quantitative estimate of drug-likeness (QED) is 0.834. The summed E-state index contributed by atoms with van der Waals surface area (Å²) in [6.07, 6.45) is 0. The molecule has 0 saturated heterocycles. The van der Waals surface area contributed by atoms with Gasteiger partial charge < -0.3 is 10.6 Å². The van der Waals surface area contributed by atoms with Gasteiger partial charge in [0.1, 0.15) is 0 Å². The van der Waals surface area contributed by atoms with Crippen LogP contribution in [0.2, 0.25) is 15.1 Å². The van der Waals surface area contributed by atoms with Gasteiger partial charge in [-0.15, -0.1) is 0 Å². The maximum atomic E-state index is 12.3. The van der Waals surface area contributed by atoms with Gasteiger partial charge in [-0.25, -0.2) is 0 Å². The van der Waals surface area contributed by atoms with E-state index < -0.39 is 0 Å². The third-order valence-corrected chi connectivity index (χ3v) is 3.94. The van der Waals surface area contributed by atoms with Gasteiger partial charge >= 0.3 is 0 Å². The highest BCUT2D eigenvalue weighted by atomic mass is 35.5. The van der Waals surface area contributed by atoms with Crippen molar-refractivity contribution >= 4 is 46.4 Å². The molecule has 2 N–H and O–H groups in total. The second-order valence-corrected chi connectivity index (χ2v) is 5.88. The van der Waals surface area contributed by atoms with Crippen molar-refractivity contribution in [2.24, 2.45) is 0 Å². The van der Waals surface area contributed by atoms with Crippen LogP contribution in [-0.4, -0.2) is 17.9 Å². The highest BCUT2D eigenvalue weighted by Crippen LogP contribution is 2.24. The number of hydrogen-bond donors (Lipinski definition) is 1. The first-order chi connectivity index (χ1) is 9.88. The van der Waals surface area contributed by atoms with Gasteiger partial charge in [-0.05, 0) is 35.9 Å². The summed E-state index contributed by atoms with van der Waals surface area (Å²) in [5, 5.41) is 1.51. The summed E-state index contributed by atoms with van der Waals surface area (Å²) >= 11 is 17.8. The van der Waals surface area contributed by atoms with Gasteiger partial charge in [0.15, 0.2) is 0 Å². The van der Waals surface area contributed by atoms with Gasteiger partial charge in [-0.1, -0.05) is 40.9 Å². The summed E-state index contributed by atoms with van der Waals surface area (Å²) in [4.78, 5) is 13.9. The van der Waals surface area contributed by atoms with Crippen molar-refractivity contribution in [3.05, 3.63) is 62.6 Å². The van der Waals surface area contributed by atoms with Gasteiger partial charge in [0.2, 0.25) is 0 Å². The van der Waals surface area contributed by atoms with Crippen molar-refractivity contribution in [3.63, 3.8) is 0 Å². The molecule has 2 aromatic rings. The van der Waals surface area contributed by atoms with E-state index in [0.29, 0.717) is 32.9 Å². The van der Waals surface area contributed by atoms with Gasteiger partial charge in [0, 0.05) is 29.2 Å². The molecule has 0 spiro atoms. The number of carbonyl (C=O) groups is 1. The Morgan fingerprint density at radius 1 is 1.10 bits per heavy atom. The van der Waals surface area contributed by atoms with Crippen LogP contribution in [0.4, 0.5) is 5.69 Å². The molecule has 0 fully saturated rings. The fourth-order valence-electron chi connectivity index (χ4n) is 1.87. The number of halogens is 3. The fourth-order valence-corrected chi connectivity index (χ4v) is 2.46. The molecule has 0 atom stereocenters. The zero-order valence-corrected chi connectivity index (χ0v) is 13.5. The normalized spacial score (nSPS) is 10.5. The molecular weight excluding hydrogens is 331 g/mol. The SMILES string of the molecule is CN(Cc1ccc(Cl)cc1Cl)C(=O)c1ccc(Cl)c(N)c1. The first kappa shape index (κ1) is 16.0. The molecule has 0 aromatic heterocycles. The predicted molar refractivity (Wildman–Crippen MR) is 88.1 cm³/mol. The molecule has 2 rings (SSSR count). The summed E-state index contributed by atoms with van der Waals surface area (Å²) in [5.74, 6) is -0.163. The molecule has 0 aliphatic rings. The molecule has 0 radical (unpaired) electrons. The Morgan fingerprint density at radius 2 is 1.81 bits per heavy atom. The summed E-state index contributed by atoms with van der Waals surface area (Å²) in [7, 11) is 1.69. The van der Waals surface area contributed by atoms with Crippen LogP contribution in [0.25, 0.3) is 0 Å². The zero-order chi connectivity index (χ0) is 15.6. The van der Waals surface area contributed by atoms with Crippen molar-refractivity contribution in [1.82, 2.24) is 4.90 Å². The molecule has 0 aliphatic heterocycles. The monoisotopic (exact) mass is 342 g/mol. The smallest absolute Gasteiger partial charge is 0.253 e. The molecule has 21 heavy (non-hydrogen) atoms. The second-order valence-electron chi connectivity index (χ2n) is 4.63. The molecule has 0 heterocycles. The number of hydrogen-bond acceptors (Lipinski definition) is 2. The number of anilines is 1. The summed E-state index contributed by atoms with van der Waals surface area (Å²) in [6.45, 7) is 0.372. The standard InChI is InChI=1S/C15H13Cl3N2O/c1-20(8-10-2-4-11(16)7-13(10)18)15(21)9-3-5-12(17)14(19)6-9/h2-7H,8,19H2,1H3. The van der Waals surface area contributed by atoms with E-state index in [0.717, 1.165) is 5.56 Å². The molecule has 0 aliphatic carbocycles. The van der Waals surface area contributed by atoms with Crippen LogP contribution in [0.5, 0.6) is 0 Å². The van der Waals surface area contributed by atoms with E-state index in [2.05, 4.69) is 0 Å². The highest BCUT2D eigenvalue weighted by Gasteiger charge is 2.14. The van der Waals surface area contributed by atoms with Gasteiger partial charge in [0.05, 0.1) is 10.7 Å². The topological polar surface area (TPSA) is 46.3 Å². The van der Waals surface area contributed by atoms with E-state index >= 15 is 0 Å². The van der Waals surface area contributed by atoms with Crippen molar-refractivity contribution in [2.45, 2.75) is 6.54 Å². The first-order valence-corrected chi connectivity index (χ1v) is 7.26. The average molecular weight is 344 g/mol. The Labute approximate surface area is 138 Å². The lowest BCUT2D eigenvalue weighted by molar-refractivity contribution is 0.0785. The summed E-state index contributed by atoms with van der Waals surface area (Å²) in [6, 6.07) is 9.99. The molecule has 6 heteroatoms. The van der Waals surface area contributed by atoms with Crippen molar-refractivity contribution in [1.29, 1.82) is 0 Å². The van der Waals surface area contributed by atoms with Crippen LogP contribution < -0.4 is 5.73 Å². The Balaban J connectivity index is 2.17. The average Bonchev–Trinajstić information content (AvgIpc) is 2.44. The lowest BCUT2D eigenvalue weighted by atomic mass is 10.1. The zero-order valence-electron chi connectivity index (χ0n) is 11.2. The molecule has 2 aromatic carbocycles. The van der Waals surface area contributed by atoms with E-state index in [1.54, 1.807) is 48.3 Å². The maximum absolute atomic E-state index is 12.3. The molecular formula is C15H13Cl3N2O. The molecule has 0 bridgehead atoms. The molecule has 3 nitrogen and oxygen atoms in total. The Bertz CT molecular complexity index is 689. The minimum atomic E-state index is -0.163. The van der Waals surface area contributed by atoms with E-state index in [1.165, 1.54) is 0 Å². The Hall–Kier alpha value is -1.42. The maximum Gasteiger partial charge on any atom is 0.253 e. The minimum Gasteiger partial charge on any atom is -0.398 e. The molecule has 0 saturated carbocycles. The molecule has 110 valence electrons. The van der Waals surface area contributed by atoms with Gasteiger partial charge in [-0.2, -0.15) is 0 Å². The number of nitrogen functional groups attached to an aromatic ring is 1.